The fourth-order valence-electron chi connectivity index (χ4n) is 1.16. The SMILES string of the molecule is CC.CCc1ccc(C#N)cc1C. The van der Waals surface area contributed by atoms with Crippen LogP contribution in [0.15, 0.2) is 18.2 Å². The number of hydrogen-bond donors (Lipinski definition) is 0. The minimum atomic E-state index is 0.750. The average molecular weight is 175 g/mol. The summed E-state index contributed by atoms with van der Waals surface area (Å²) in [4.78, 5) is 0. The molecule has 0 aromatic heterocycles. The summed E-state index contributed by atoms with van der Waals surface area (Å²) in [5.74, 6) is 0. The van der Waals surface area contributed by atoms with Gasteiger partial charge < -0.3 is 0 Å². The Bertz CT molecular complexity index is 294. The van der Waals surface area contributed by atoms with Crippen LogP contribution in [-0.2, 0) is 6.42 Å². The summed E-state index contributed by atoms with van der Waals surface area (Å²) in [7, 11) is 0. The lowest BCUT2D eigenvalue weighted by atomic mass is 10.0. The largest absolute Gasteiger partial charge is 0.192 e. The van der Waals surface area contributed by atoms with E-state index in [9.17, 15) is 0 Å². The molecule has 0 fully saturated rings. The van der Waals surface area contributed by atoms with Crippen LogP contribution in [-0.4, -0.2) is 0 Å². The van der Waals surface area contributed by atoms with Crippen LogP contribution < -0.4 is 0 Å². The second kappa shape index (κ2) is 6.25. The van der Waals surface area contributed by atoms with Crippen molar-refractivity contribution in [3.8, 4) is 6.07 Å². The van der Waals surface area contributed by atoms with Gasteiger partial charge in [0.15, 0.2) is 0 Å². The van der Waals surface area contributed by atoms with E-state index in [0.29, 0.717) is 0 Å². The first-order chi connectivity index (χ1) is 6.27. The second-order valence-electron chi connectivity index (χ2n) is 2.61. The van der Waals surface area contributed by atoms with E-state index in [1.807, 2.05) is 39.0 Å². The normalized spacial score (nSPS) is 8.23. The van der Waals surface area contributed by atoms with Gasteiger partial charge in [0.1, 0.15) is 0 Å². The number of nitrogens with zero attached hydrogens (tertiary/aromatic N) is 1. The first kappa shape index (κ1) is 11.7. The molecule has 0 N–H and O–H groups in total. The first-order valence-electron chi connectivity index (χ1n) is 4.77. The van der Waals surface area contributed by atoms with Crippen molar-refractivity contribution in [1.82, 2.24) is 0 Å². The standard InChI is InChI=1S/C10H11N.C2H6/c1-3-10-5-4-9(7-11)6-8(10)2;1-2/h4-6H,3H2,1-2H3;1-2H3. The third kappa shape index (κ3) is 3.29. The predicted octanol–water partition coefficient (Wildman–Crippen LogP) is 3.46. The summed E-state index contributed by atoms with van der Waals surface area (Å²) < 4.78 is 0. The highest BCUT2D eigenvalue weighted by Crippen LogP contribution is 2.10. The minimum absolute atomic E-state index is 0.750. The van der Waals surface area contributed by atoms with Crippen LogP contribution in [0.25, 0.3) is 0 Å². The van der Waals surface area contributed by atoms with Gasteiger partial charge in [-0.1, -0.05) is 26.8 Å². The number of benzene rings is 1. The molecule has 0 aliphatic rings. The Labute approximate surface area is 81.0 Å². The first-order valence-corrected chi connectivity index (χ1v) is 4.77. The highest BCUT2D eigenvalue weighted by atomic mass is 14.2. The Morgan fingerprint density at radius 1 is 1.31 bits per heavy atom. The Morgan fingerprint density at radius 3 is 2.31 bits per heavy atom. The highest BCUT2D eigenvalue weighted by Gasteiger charge is 1.95. The van der Waals surface area contributed by atoms with E-state index in [2.05, 4.69) is 13.0 Å². The van der Waals surface area contributed by atoms with E-state index < -0.39 is 0 Å². The summed E-state index contributed by atoms with van der Waals surface area (Å²) in [5.41, 5.74) is 3.29. The average Bonchev–Trinajstić information content (AvgIpc) is 2.20. The molecule has 0 saturated carbocycles. The molecule has 0 spiro atoms. The van der Waals surface area contributed by atoms with Gasteiger partial charge in [-0.3, -0.25) is 0 Å². The molecule has 13 heavy (non-hydrogen) atoms. The molecule has 1 heteroatoms. The lowest BCUT2D eigenvalue weighted by Crippen LogP contribution is -1.86. The number of nitriles is 1. The van der Waals surface area contributed by atoms with Crippen LogP contribution in [0.1, 0.15) is 37.5 Å². The van der Waals surface area contributed by atoms with Crippen molar-refractivity contribution in [2.45, 2.75) is 34.1 Å². The smallest absolute Gasteiger partial charge is 0.0991 e. The van der Waals surface area contributed by atoms with E-state index in [0.717, 1.165) is 12.0 Å². The summed E-state index contributed by atoms with van der Waals surface area (Å²) in [6.45, 7) is 8.16. The van der Waals surface area contributed by atoms with Crippen LogP contribution in [0, 0.1) is 18.3 Å². The lowest BCUT2D eigenvalue weighted by molar-refractivity contribution is 1.11. The Hall–Kier alpha value is -1.29. The molecule has 0 heterocycles. The Balaban J connectivity index is 0.000000671. The van der Waals surface area contributed by atoms with Gasteiger partial charge >= 0.3 is 0 Å². The van der Waals surface area contributed by atoms with Gasteiger partial charge in [0, 0.05) is 0 Å². The van der Waals surface area contributed by atoms with Gasteiger partial charge in [0.2, 0.25) is 0 Å². The summed E-state index contributed by atoms with van der Waals surface area (Å²) in [5, 5.41) is 8.58. The molecule has 0 aliphatic carbocycles. The fraction of sp³-hybridized carbons (Fsp3) is 0.417. The molecule has 1 aromatic carbocycles. The number of rotatable bonds is 1. The maximum atomic E-state index is 8.58. The van der Waals surface area contributed by atoms with Gasteiger partial charge in [-0.25, -0.2) is 0 Å². The molecule has 0 aliphatic heterocycles. The fourth-order valence-corrected chi connectivity index (χ4v) is 1.16. The van der Waals surface area contributed by atoms with Crippen LogP contribution in [0.3, 0.4) is 0 Å². The molecule has 0 radical (unpaired) electrons. The zero-order valence-corrected chi connectivity index (χ0v) is 8.89. The molecule has 1 nitrogen and oxygen atoms in total. The number of aryl methyl sites for hydroxylation is 2. The Morgan fingerprint density at radius 2 is 1.92 bits per heavy atom. The van der Waals surface area contributed by atoms with Crippen LogP contribution >= 0.6 is 0 Å². The number of hydrogen-bond acceptors (Lipinski definition) is 1. The molecule has 0 atom stereocenters. The topological polar surface area (TPSA) is 23.8 Å². The molecule has 1 rings (SSSR count). The van der Waals surface area contributed by atoms with Crippen molar-refractivity contribution in [2.24, 2.45) is 0 Å². The molecule has 0 bridgehead atoms. The molecule has 0 amide bonds. The molecule has 0 saturated heterocycles. The van der Waals surface area contributed by atoms with Gasteiger partial charge in [-0.15, -0.1) is 0 Å². The zero-order valence-electron chi connectivity index (χ0n) is 8.89. The lowest BCUT2D eigenvalue weighted by Gasteiger charge is -2.00. The van der Waals surface area contributed by atoms with Crippen molar-refractivity contribution >= 4 is 0 Å². The zero-order chi connectivity index (χ0) is 10.3. The third-order valence-corrected chi connectivity index (χ3v) is 1.85. The van der Waals surface area contributed by atoms with E-state index in [1.165, 1.54) is 11.1 Å². The van der Waals surface area contributed by atoms with E-state index in [-0.39, 0.29) is 0 Å². The van der Waals surface area contributed by atoms with Crippen molar-refractivity contribution in [3.63, 3.8) is 0 Å². The van der Waals surface area contributed by atoms with Gasteiger partial charge in [-0.05, 0) is 36.6 Å². The quantitative estimate of drug-likeness (QED) is 0.641. The van der Waals surface area contributed by atoms with Crippen molar-refractivity contribution in [3.05, 3.63) is 34.9 Å². The summed E-state index contributed by atoms with van der Waals surface area (Å²) in [6, 6.07) is 7.94. The maximum Gasteiger partial charge on any atom is 0.0991 e. The highest BCUT2D eigenvalue weighted by molar-refractivity contribution is 5.37. The summed E-state index contributed by atoms with van der Waals surface area (Å²) in [6.07, 6.45) is 1.04. The Kier molecular flexibility index (Phi) is 5.63. The molecule has 0 unspecified atom stereocenters. The molecular formula is C12H17N. The van der Waals surface area contributed by atoms with Crippen molar-refractivity contribution in [2.75, 3.05) is 0 Å². The molecule has 1 aromatic rings. The maximum absolute atomic E-state index is 8.58. The van der Waals surface area contributed by atoms with Crippen molar-refractivity contribution < 1.29 is 0 Å². The minimum Gasteiger partial charge on any atom is -0.192 e. The van der Waals surface area contributed by atoms with E-state index >= 15 is 0 Å². The van der Waals surface area contributed by atoms with E-state index in [1.54, 1.807) is 0 Å². The van der Waals surface area contributed by atoms with Gasteiger partial charge in [0.05, 0.1) is 11.6 Å². The van der Waals surface area contributed by atoms with Gasteiger partial charge in [-0.2, -0.15) is 5.26 Å². The van der Waals surface area contributed by atoms with Crippen LogP contribution in [0.2, 0.25) is 0 Å². The third-order valence-electron chi connectivity index (χ3n) is 1.85. The van der Waals surface area contributed by atoms with E-state index in [4.69, 9.17) is 5.26 Å². The van der Waals surface area contributed by atoms with Gasteiger partial charge in [0.25, 0.3) is 0 Å². The molecular weight excluding hydrogens is 158 g/mol. The second-order valence-corrected chi connectivity index (χ2v) is 2.61. The molecule has 70 valence electrons. The van der Waals surface area contributed by atoms with Crippen LogP contribution in [0.5, 0.6) is 0 Å². The van der Waals surface area contributed by atoms with Crippen LogP contribution in [0.4, 0.5) is 0 Å². The van der Waals surface area contributed by atoms with Crippen molar-refractivity contribution in [1.29, 1.82) is 5.26 Å². The monoisotopic (exact) mass is 175 g/mol. The summed E-state index contributed by atoms with van der Waals surface area (Å²) >= 11 is 0. The predicted molar refractivity (Wildman–Crippen MR) is 56.6 cm³/mol.